The van der Waals surface area contributed by atoms with Crippen LogP contribution in [0.1, 0.15) is 44.7 Å². The number of nitrogens with one attached hydrogen (secondary N) is 3. The van der Waals surface area contributed by atoms with Crippen LogP contribution in [0.3, 0.4) is 0 Å². The number of carboxylic acids is 1. The monoisotopic (exact) mass is 560 g/mol. The van der Waals surface area contributed by atoms with Gasteiger partial charge in [0.15, 0.2) is 0 Å². The molecule has 3 heterocycles. The van der Waals surface area contributed by atoms with E-state index < -0.39 is 29.8 Å². The molecule has 0 aliphatic carbocycles. The van der Waals surface area contributed by atoms with Gasteiger partial charge in [0.2, 0.25) is 11.9 Å². The van der Waals surface area contributed by atoms with Crippen LogP contribution >= 0.6 is 0 Å². The third-order valence-corrected chi connectivity index (χ3v) is 6.28. The minimum Gasteiger partial charge on any atom is -0.478 e. The van der Waals surface area contributed by atoms with Crippen LogP contribution in [0.15, 0.2) is 48.9 Å². The van der Waals surface area contributed by atoms with Gasteiger partial charge in [0, 0.05) is 24.4 Å². The Morgan fingerprint density at radius 1 is 1.05 bits per heavy atom. The Kier molecular flexibility index (Phi) is 8.72. The fraction of sp³-hybridized carbons (Fsp3) is 0.222. The number of pyridine rings is 1. The molecule has 14 heteroatoms. The second-order valence-corrected chi connectivity index (χ2v) is 9.10. The van der Waals surface area contributed by atoms with Crippen molar-refractivity contribution in [2.24, 2.45) is 0 Å². The first-order valence-electron chi connectivity index (χ1n) is 12.5. The molecule has 3 aromatic heterocycles. The average molecular weight is 561 g/mol. The average Bonchev–Trinajstić information content (AvgIpc) is 3.37. The van der Waals surface area contributed by atoms with E-state index in [0.29, 0.717) is 29.9 Å². The number of aromatic amines is 1. The number of anilines is 3. The van der Waals surface area contributed by atoms with Gasteiger partial charge in [-0.1, -0.05) is 12.1 Å². The van der Waals surface area contributed by atoms with Crippen molar-refractivity contribution < 1.29 is 29.0 Å². The van der Waals surface area contributed by atoms with Gasteiger partial charge in [0.05, 0.1) is 29.9 Å². The number of benzene rings is 1. The van der Waals surface area contributed by atoms with E-state index in [9.17, 15) is 19.2 Å². The highest BCUT2D eigenvalue weighted by molar-refractivity contribution is 5.97. The highest BCUT2D eigenvalue weighted by Gasteiger charge is 2.23. The number of rotatable bonds is 11. The molecule has 0 radical (unpaired) electrons. The summed E-state index contributed by atoms with van der Waals surface area (Å²) in [5.41, 5.74) is 14.6. The number of amides is 2. The van der Waals surface area contributed by atoms with Gasteiger partial charge >= 0.3 is 11.9 Å². The molecule has 0 bridgehead atoms. The second kappa shape index (κ2) is 12.5. The van der Waals surface area contributed by atoms with Crippen LogP contribution < -0.4 is 22.1 Å². The molecule has 0 aliphatic rings. The first kappa shape index (κ1) is 28.5. The summed E-state index contributed by atoms with van der Waals surface area (Å²) in [4.78, 5) is 63.6. The fourth-order valence-corrected chi connectivity index (χ4v) is 4.20. The van der Waals surface area contributed by atoms with Gasteiger partial charge in [-0.2, -0.15) is 9.97 Å². The molecule has 8 N–H and O–H groups in total. The van der Waals surface area contributed by atoms with E-state index in [2.05, 4.69) is 30.6 Å². The molecule has 212 valence electrons. The van der Waals surface area contributed by atoms with Crippen LogP contribution in [0.25, 0.3) is 11.0 Å². The van der Waals surface area contributed by atoms with Gasteiger partial charge in [-0.3, -0.25) is 14.6 Å². The number of nitrogen functional groups attached to an aromatic ring is 2. The molecule has 2 amide bonds. The molecule has 0 saturated carbocycles. The first-order valence-corrected chi connectivity index (χ1v) is 12.5. The number of carboxylic acid groups (broad SMARTS) is 1. The third-order valence-electron chi connectivity index (χ3n) is 6.28. The summed E-state index contributed by atoms with van der Waals surface area (Å²) < 4.78 is 4.79. The van der Waals surface area contributed by atoms with Crippen molar-refractivity contribution in [3.05, 3.63) is 71.2 Å². The van der Waals surface area contributed by atoms with Crippen LogP contribution in [-0.2, 0) is 27.2 Å². The van der Waals surface area contributed by atoms with Gasteiger partial charge < -0.3 is 36.9 Å². The van der Waals surface area contributed by atoms with E-state index in [0.717, 1.165) is 22.7 Å². The number of nitrogens with two attached hydrogens (primary N) is 2. The molecule has 14 nitrogen and oxygen atoms in total. The number of carbonyl (C=O) groups is 4. The molecule has 0 saturated heterocycles. The molecule has 0 aliphatic heterocycles. The number of ether oxygens (including phenoxy) is 1. The molecule has 0 spiro atoms. The number of nitrogens with zero attached hydrogens (tertiary/aromatic N) is 3. The zero-order valence-electron chi connectivity index (χ0n) is 22.0. The normalized spacial score (nSPS) is 11.5. The van der Waals surface area contributed by atoms with Crippen molar-refractivity contribution in [1.82, 2.24) is 25.3 Å². The molecule has 4 rings (SSSR count). The highest BCUT2D eigenvalue weighted by atomic mass is 16.5. The van der Waals surface area contributed by atoms with Gasteiger partial charge in [-0.05, 0) is 48.6 Å². The molecule has 0 fully saturated rings. The molecule has 1 atom stereocenters. The SMILES string of the molecule is COC(=O)[C@H](CCC(=O)Nc1cncc(C(=O)O)c1)NC(=O)c1ccc(CCc2c[nH]c3nc(N)nc(N)c23)cc1. The number of aryl methyl sites for hydroxylation is 2. The van der Waals surface area contributed by atoms with E-state index >= 15 is 0 Å². The van der Waals surface area contributed by atoms with Gasteiger partial charge in [0.1, 0.15) is 17.5 Å². The van der Waals surface area contributed by atoms with Crippen LogP contribution in [-0.4, -0.2) is 61.9 Å². The van der Waals surface area contributed by atoms with Crippen molar-refractivity contribution in [3.63, 3.8) is 0 Å². The number of carbonyl (C=O) groups excluding carboxylic acids is 3. The Balaban J connectivity index is 1.33. The predicted molar refractivity (Wildman–Crippen MR) is 149 cm³/mol. The summed E-state index contributed by atoms with van der Waals surface area (Å²) >= 11 is 0. The summed E-state index contributed by atoms with van der Waals surface area (Å²) in [5, 5.41) is 14.9. The van der Waals surface area contributed by atoms with E-state index in [4.69, 9.17) is 21.3 Å². The van der Waals surface area contributed by atoms with Gasteiger partial charge in [-0.25, -0.2) is 9.59 Å². The quantitative estimate of drug-likeness (QED) is 0.145. The summed E-state index contributed by atoms with van der Waals surface area (Å²) in [6, 6.07) is 7.08. The molecule has 1 aromatic carbocycles. The number of aromatic nitrogens is 4. The van der Waals surface area contributed by atoms with Crippen LogP contribution in [0.5, 0.6) is 0 Å². The van der Waals surface area contributed by atoms with Crippen LogP contribution in [0.2, 0.25) is 0 Å². The van der Waals surface area contributed by atoms with Crippen molar-refractivity contribution in [3.8, 4) is 0 Å². The number of hydrogen-bond acceptors (Lipinski definition) is 10. The fourth-order valence-electron chi connectivity index (χ4n) is 4.20. The Hall–Kier alpha value is -5.53. The number of esters is 1. The highest BCUT2D eigenvalue weighted by Crippen LogP contribution is 2.24. The number of H-pyrrole nitrogens is 1. The molecular formula is C27H28N8O6. The van der Waals surface area contributed by atoms with Gasteiger partial charge in [-0.15, -0.1) is 0 Å². The lowest BCUT2D eigenvalue weighted by atomic mass is 10.0. The zero-order valence-corrected chi connectivity index (χ0v) is 22.0. The standard InChI is InChI=1S/C27H28N8O6/c1-41-26(40)19(8-9-20(36)32-18-10-17(25(38)39)11-30-13-18)33-24(37)15-5-2-14(3-6-15)4-7-16-12-31-23-21(16)22(28)34-27(29)35-23/h2-3,5-6,10-13,19H,4,7-9H2,1H3,(H,32,36)(H,33,37)(H,38,39)(H5,28,29,31,34,35)/t19-/m0/s1. The predicted octanol–water partition coefficient (Wildman–Crippen LogP) is 1.69. The Morgan fingerprint density at radius 2 is 1.80 bits per heavy atom. The molecule has 4 aromatic rings. The van der Waals surface area contributed by atoms with E-state index in [1.165, 1.54) is 19.4 Å². The maximum absolute atomic E-state index is 12.9. The number of aromatic carboxylic acids is 1. The Morgan fingerprint density at radius 3 is 2.51 bits per heavy atom. The van der Waals surface area contributed by atoms with Crippen LogP contribution in [0, 0.1) is 0 Å². The van der Waals surface area contributed by atoms with E-state index in [-0.39, 0.29) is 30.0 Å². The number of methoxy groups -OCH3 is 1. The van der Waals surface area contributed by atoms with E-state index in [1.54, 1.807) is 12.1 Å². The first-order chi connectivity index (χ1) is 19.6. The topological polar surface area (TPSA) is 228 Å². The summed E-state index contributed by atoms with van der Waals surface area (Å²) in [5.74, 6) is -2.50. The lowest BCUT2D eigenvalue weighted by molar-refractivity contribution is -0.143. The van der Waals surface area contributed by atoms with Crippen molar-refractivity contribution in [2.75, 3.05) is 23.9 Å². The molecular weight excluding hydrogens is 532 g/mol. The van der Waals surface area contributed by atoms with Crippen LogP contribution in [0.4, 0.5) is 17.5 Å². The van der Waals surface area contributed by atoms with Crippen molar-refractivity contribution in [2.45, 2.75) is 31.7 Å². The lowest BCUT2D eigenvalue weighted by Crippen LogP contribution is -2.42. The summed E-state index contributed by atoms with van der Waals surface area (Å²) in [6.45, 7) is 0. The Labute approximate surface area is 233 Å². The number of hydrogen-bond donors (Lipinski definition) is 6. The maximum atomic E-state index is 12.9. The molecule has 41 heavy (non-hydrogen) atoms. The number of fused-ring (bicyclic) bond motifs is 1. The smallest absolute Gasteiger partial charge is 0.337 e. The minimum atomic E-state index is -1.18. The Bertz CT molecular complexity index is 1600. The van der Waals surface area contributed by atoms with Crippen molar-refractivity contribution in [1.29, 1.82) is 0 Å². The molecule has 0 unspecified atom stereocenters. The largest absolute Gasteiger partial charge is 0.478 e. The summed E-state index contributed by atoms with van der Waals surface area (Å²) in [6.07, 6.45) is 5.38. The summed E-state index contributed by atoms with van der Waals surface area (Å²) in [7, 11) is 1.18. The second-order valence-electron chi connectivity index (χ2n) is 9.10. The van der Waals surface area contributed by atoms with Gasteiger partial charge in [0.25, 0.3) is 5.91 Å². The zero-order chi connectivity index (χ0) is 29.5. The third kappa shape index (κ3) is 7.11. The minimum absolute atomic E-state index is 0.0442. The van der Waals surface area contributed by atoms with Crippen molar-refractivity contribution >= 4 is 52.2 Å². The van der Waals surface area contributed by atoms with E-state index in [1.807, 2.05) is 18.3 Å². The maximum Gasteiger partial charge on any atom is 0.337 e. The lowest BCUT2D eigenvalue weighted by Gasteiger charge is -2.16.